The zero-order chi connectivity index (χ0) is 15.1. The number of hydrogen-bond acceptors (Lipinski definition) is 2. The highest BCUT2D eigenvalue weighted by atomic mass is 127. The van der Waals surface area contributed by atoms with E-state index in [1.807, 2.05) is 36.4 Å². The number of ether oxygens (including phenoxy) is 1. The molecule has 0 saturated carbocycles. The van der Waals surface area contributed by atoms with E-state index < -0.39 is 0 Å². The first-order valence-corrected chi connectivity index (χ1v) is 8.06. The molecule has 1 amide bonds. The topological polar surface area (TPSA) is 38.3 Å². The smallest absolute Gasteiger partial charge is 0.255 e. The summed E-state index contributed by atoms with van der Waals surface area (Å²) in [6, 6.07) is 14.9. The summed E-state index contributed by atoms with van der Waals surface area (Å²) in [7, 11) is 0. The maximum Gasteiger partial charge on any atom is 0.255 e. The molecule has 0 unspecified atom stereocenters. The molecule has 0 aliphatic heterocycles. The first-order valence-electron chi connectivity index (χ1n) is 6.99. The highest BCUT2D eigenvalue weighted by molar-refractivity contribution is 14.1. The molecule has 0 fully saturated rings. The van der Waals surface area contributed by atoms with Crippen molar-refractivity contribution in [2.24, 2.45) is 0 Å². The molecule has 0 saturated heterocycles. The number of carbonyl (C=O) groups excluding carboxylic acids is 1. The molecule has 110 valence electrons. The van der Waals surface area contributed by atoms with Gasteiger partial charge in [0.1, 0.15) is 5.75 Å². The number of nitrogens with one attached hydrogen (secondary N) is 1. The summed E-state index contributed by atoms with van der Waals surface area (Å²) in [5.41, 5.74) is 1.42. The van der Waals surface area contributed by atoms with Gasteiger partial charge < -0.3 is 10.1 Å². The van der Waals surface area contributed by atoms with E-state index in [0.717, 1.165) is 27.8 Å². The third kappa shape index (κ3) is 5.04. The molecule has 0 spiro atoms. The minimum atomic E-state index is -0.114. The molecular weight excluding hydrogens is 377 g/mol. The van der Waals surface area contributed by atoms with Gasteiger partial charge in [0.05, 0.1) is 6.61 Å². The normalized spacial score (nSPS) is 10.2. The molecule has 1 N–H and O–H groups in total. The van der Waals surface area contributed by atoms with Gasteiger partial charge in [-0.3, -0.25) is 4.79 Å². The standard InChI is InChI=1S/C17H18INO2/c1-2-3-11-21-16-9-7-13(8-10-16)17(20)19-15-6-4-5-14(18)12-15/h4-10,12H,2-3,11H2,1H3,(H,19,20). The average Bonchev–Trinajstić information content (AvgIpc) is 2.48. The number of halogens is 1. The van der Waals surface area contributed by atoms with Crippen molar-refractivity contribution in [2.75, 3.05) is 11.9 Å². The first kappa shape index (κ1) is 15.8. The summed E-state index contributed by atoms with van der Waals surface area (Å²) in [5, 5.41) is 2.89. The third-order valence-electron chi connectivity index (χ3n) is 2.97. The van der Waals surface area contributed by atoms with E-state index in [-0.39, 0.29) is 5.91 Å². The minimum absolute atomic E-state index is 0.114. The van der Waals surface area contributed by atoms with Gasteiger partial charge in [0, 0.05) is 14.8 Å². The zero-order valence-electron chi connectivity index (χ0n) is 11.9. The fraction of sp³-hybridized carbons (Fsp3) is 0.235. The molecular formula is C17H18INO2. The van der Waals surface area contributed by atoms with Crippen molar-refractivity contribution >= 4 is 34.2 Å². The number of rotatable bonds is 6. The van der Waals surface area contributed by atoms with Gasteiger partial charge in [0.2, 0.25) is 0 Å². The maximum atomic E-state index is 12.1. The van der Waals surface area contributed by atoms with Crippen molar-refractivity contribution in [1.82, 2.24) is 0 Å². The SMILES string of the molecule is CCCCOc1ccc(C(=O)Nc2cccc(I)c2)cc1. The van der Waals surface area contributed by atoms with Crippen LogP contribution in [0.3, 0.4) is 0 Å². The molecule has 2 aromatic rings. The lowest BCUT2D eigenvalue weighted by Gasteiger charge is -2.08. The fourth-order valence-corrected chi connectivity index (χ4v) is 2.35. The number of hydrogen-bond donors (Lipinski definition) is 1. The van der Waals surface area contributed by atoms with Crippen molar-refractivity contribution < 1.29 is 9.53 Å². The number of amides is 1. The second kappa shape index (κ2) is 8.02. The number of anilines is 1. The summed E-state index contributed by atoms with van der Waals surface area (Å²) in [6.45, 7) is 2.84. The molecule has 2 rings (SSSR count). The summed E-state index contributed by atoms with van der Waals surface area (Å²) in [5.74, 6) is 0.686. The Morgan fingerprint density at radius 3 is 2.62 bits per heavy atom. The Morgan fingerprint density at radius 2 is 1.95 bits per heavy atom. The van der Waals surface area contributed by atoms with Gasteiger partial charge in [0.25, 0.3) is 5.91 Å². The lowest BCUT2D eigenvalue weighted by Crippen LogP contribution is -2.11. The summed E-state index contributed by atoms with van der Waals surface area (Å²) < 4.78 is 6.67. The lowest BCUT2D eigenvalue weighted by atomic mass is 10.2. The highest BCUT2D eigenvalue weighted by Crippen LogP contribution is 2.16. The Kier molecular flexibility index (Phi) is 6.04. The van der Waals surface area contributed by atoms with Gasteiger partial charge in [-0.1, -0.05) is 19.4 Å². The zero-order valence-corrected chi connectivity index (χ0v) is 14.1. The van der Waals surface area contributed by atoms with Gasteiger partial charge in [-0.2, -0.15) is 0 Å². The third-order valence-corrected chi connectivity index (χ3v) is 3.64. The maximum absolute atomic E-state index is 12.1. The molecule has 21 heavy (non-hydrogen) atoms. The molecule has 4 heteroatoms. The minimum Gasteiger partial charge on any atom is -0.494 e. The van der Waals surface area contributed by atoms with Crippen LogP contribution in [0.5, 0.6) is 5.75 Å². The number of carbonyl (C=O) groups is 1. The Morgan fingerprint density at radius 1 is 1.19 bits per heavy atom. The van der Waals surface area contributed by atoms with Crippen LogP contribution in [0.4, 0.5) is 5.69 Å². The molecule has 0 aromatic heterocycles. The van der Waals surface area contributed by atoms with Crippen molar-refractivity contribution in [3.8, 4) is 5.75 Å². The number of benzene rings is 2. The highest BCUT2D eigenvalue weighted by Gasteiger charge is 2.06. The van der Waals surface area contributed by atoms with Crippen LogP contribution >= 0.6 is 22.6 Å². The van der Waals surface area contributed by atoms with Crippen LogP contribution in [0, 0.1) is 3.57 Å². The Balaban J connectivity index is 1.96. The van der Waals surface area contributed by atoms with E-state index in [1.165, 1.54) is 0 Å². The summed E-state index contributed by atoms with van der Waals surface area (Å²) >= 11 is 2.22. The van der Waals surface area contributed by atoms with Crippen LogP contribution in [-0.4, -0.2) is 12.5 Å². The van der Waals surface area contributed by atoms with Crippen LogP contribution in [0.1, 0.15) is 30.1 Å². The van der Waals surface area contributed by atoms with E-state index in [1.54, 1.807) is 12.1 Å². The first-order chi connectivity index (χ1) is 10.2. The molecule has 0 bridgehead atoms. The summed E-state index contributed by atoms with van der Waals surface area (Å²) in [4.78, 5) is 12.1. The predicted octanol–water partition coefficient (Wildman–Crippen LogP) is 4.72. The average molecular weight is 395 g/mol. The van der Waals surface area contributed by atoms with Crippen molar-refractivity contribution in [3.05, 3.63) is 57.7 Å². The molecule has 0 heterocycles. The molecule has 2 aromatic carbocycles. The lowest BCUT2D eigenvalue weighted by molar-refractivity contribution is 0.102. The monoisotopic (exact) mass is 395 g/mol. The Labute approximate surface area is 138 Å². The van der Waals surface area contributed by atoms with Crippen LogP contribution in [-0.2, 0) is 0 Å². The van der Waals surface area contributed by atoms with Gasteiger partial charge in [-0.25, -0.2) is 0 Å². The van der Waals surface area contributed by atoms with E-state index >= 15 is 0 Å². The van der Waals surface area contributed by atoms with E-state index in [2.05, 4.69) is 34.8 Å². The van der Waals surface area contributed by atoms with Gasteiger partial charge >= 0.3 is 0 Å². The second-order valence-electron chi connectivity index (χ2n) is 4.69. The Hall–Kier alpha value is -1.56. The molecule has 0 radical (unpaired) electrons. The van der Waals surface area contributed by atoms with Gasteiger partial charge in [0.15, 0.2) is 0 Å². The van der Waals surface area contributed by atoms with Crippen molar-refractivity contribution in [3.63, 3.8) is 0 Å². The Bertz CT molecular complexity index is 596. The fourth-order valence-electron chi connectivity index (χ4n) is 1.81. The molecule has 0 atom stereocenters. The van der Waals surface area contributed by atoms with E-state index in [9.17, 15) is 4.79 Å². The largest absolute Gasteiger partial charge is 0.494 e. The van der Waals surface area contributed by atoms with E-state index in [0.29, 0.717) is 12.2 Å². The van der Waals surface area contributed by atoms with Gasteiger partial charge in [-0.05, 0) is 71.5 Å². The van der Waals surface area contributed by atoms with E-state index in [4.69, 9.17) is 4.74 Å². The molecule has 0 aliphatic carbocycles. The van der Waals surface area contributed by atoms with Crippen molar-refractivity contribution in [1.29, 1.82) is 0 Å². The second-order valence-corrected chi connectivity index (χ2v) is 5.94. The number of unbranched alkanes of at least 4 members (excludes halogenated alkanes) is 1. The van der Waals surface area contributed by atoms with Crippen LogP contribution in [0.2, 0.25) is 0 Å². The molecule has 3 nitrogen and oxygen atoms in total. The molecule has 0 aliphatic rings. The van der Waals surface area contributed by atoms with Crippen LogP contribution in [0.15, 0.2) is 48.5 Å². The quantitative estimate of drug-likeness (QED) is 0.568. The van der Waals surface area contributed by atoms with Gasteiger partial charge in [-0.15, -0.1) is 0 Å². The van der Waals surface area contributed by atoms with Crippen molar-refractivity contribution in [2.45, 2.75) is 19.8 Å². The van der Waals surface area contributed by atoms with Crippen LogP contribution in [0.25, 0.3) is 0 Å². The summed E-state index contributed by atoms with van der Waals surface area (Å²) in [6.07, 6.45) is 2.14. The van der Waals surface area contributed by atoms with Crippen LogP contribution < -0.4 is 10.1 Å². The predicted molar refractivity (Wildman–Crippen MR) is 94.0 cm³/mol.